The Balaban J connectivity index is 1.77. The van der Waals surface area contributed by atoms with Gasteiger partial charge in [-0.3, -0.25) is 4.79 Å². The molecule has 0 atom stereocenters. The molecule has 0 bridgehead atoms. The van der Waals surface area contributed by atoms with E-state index in [0.717, 1.165) is 23.0 Å². The molecule has 0 spiro atoms. The number of carbonyl (C=O) groups excluding carboxylic acids is 1. The lowest BCUT2D eigenvalue weighted by Gasteiger charge is -2.23. The van der Waals surface area contributed by atoms with Crippen LogP contribution in [0, 0.1) is 0 Å². The van der Waals surface area contributed by atoms with Gasteiger partial charge in [-0.1, -0.05) is 31.4 Å². The maximum atomic E-state index is 12.6. The molecule has 1 fully saturated rings. The summed E-state index contributed by atoms with van der Waals surface area (Å²) in [4.78, 5) is 16.9. The van der Waals surface area contributed by atoms with Crippen molar-refractivity contribution in [1.82, 2.24) is 10.3 Å². The van der Waals surface area contributed by atoms with E-state index in [4.69, 9.17) is 0 Å². The van der Waals surface area contributed by atoms with Crippen molar-refractivity contribution < 1.29 is 4.79 Å². The van der Waals surface area contributed by atoms with Crippen LogP contribution in [0.4, 0.5) is 11.5 Å². The number of nitrogens with zero attached hydrogens (tertiary/aromatic N) is 1. The molecule has 0 saturated heterocycles. The van der Waals surface area contributed by atoms with Crippen molar-refractivity contribution in [1.29, 1.82) is 0 Å². The van der Waals surface area contributed by atoms with E-state index in [-0.39, 0.29) is 11.9 Å². The molecular weight excluding hydrogens is 354 g/mol. The van der Waals surface area contributed by atoms with Crippen LogP contribution in [0.5, 0.6) is 0 Å². The molecule has 2 aromatic rings. The second kappa shape index (κ2) is 7.59. The summed E-state index contributed by atoms with van der Waals surface area (Å²) in [7, 11) is 0. The van der Waals surface area contributed by atoms with Gasteiger partial charge in [-0.05, 0) is 53.0 Å². The van der Waals surface area contributed by atoms with E-state index in [9.17, 15) is 4.79 Å². The summed E-state index contributed by atoms with van der Waals surface area (Å²) >= 11 is 3.50. The first-order valence-corrected chi connectivity index (χ1v) is 8.81. The molecule has 5 heteroatoms. The summed E-state index contributed by atoms with van der Waals surface area (Å²) in [5.74, 6) is 0.521. The maximum Gasteiger partial charge on any atom is 0.255 e. The number of carbonyl (C=O) groups is 1. The fourth-order valence-corrected chi connectivity index (χ4v) is 3.27. The first-order valence-electron chi connectivity index (χ1n) is 8.01. The molecule has 0 aliphatic heterocycles. The molecule has 0 unspecified atom stereocenters. The lowest BCUT2D eigenvalue weighted by Crippen LogP contribution is -2.36. The van der Waals surface area contributed by atoms with Crippen LogP contribution in [0.25, 0.3) is 0 Å². The minimum absolute atomic E-state index is 0.0560. The highest BCUT2D eigenvalue weighted by Crippen LogP contribution is 2.26. The number of anilines is 2. The van der Waals surface area contributed by atoms with Crippen LogP contribution in [0.3, 0.4) is 0 Å². The molecule has 4 nitrogen and oxygen atoms in total. The van der Waals surface area contributed by atoms with Gasteiger partial charge in [-0.25, -0.2) is 4.98 Å². The highest BCUT2D eigenvalue weighted by molar-refractivity contribution is 9.10. The molecular formula is C18H20BrN3O. The molecule has 1 aromatic carbocycles. The lowest BCUT2D eigenvalue weighted by molar-refractivity contribution is 0.0928. The van der Waals surface area contributed by atoms with Crippen molar-refractivity contribution in [2.24, 2.45) is 0 Å². The fraction of sp³-hybridized carbons (Fsp3) is 0.333. The number of amides is 1. The minimum atomic E-state index is -0.0560. The van der Waals surface area contributed by atoms with E-state index < -0.39 is 0 Å². The largest absolute Gasteiger partial charge is 0.349 e. The SMILES string of the molecule is O=C(NC1CCCCC1)c1cccnc1Nc1ccccc1Br. The Labute approximate surface area is 144 Å². The van der Waals surface area contributed by atoms with Crippen molar-refractivity contribution >= 4 is 33.3 Å². The number of pyridine rings is 1. The molecule has 1 aliphatic carbocycles. The van der Waals surface area contributed by atoms with Gasteiger partial charge in [0, 0.05) is 16.7 Å². The maximum absolute atomic E-state index is 12.6. The number of rotatable bonds is 4. The third-order valence-corrected chi connectivity index (χ3v) is 4.81. The number of para-hydroxylation sites is 1. The van der Waals surface area contributed by atoms with Gasteiger partial charge < -0.3 is 10.6 Å². The second-order valence-corrected chi connectivity index (χ2v) is 6.67. The average molecular weight is 374 g/mol. The average Bonchev–Trinajstić information content (AvgIpc) is 2.58. The molecule has 23 heavy (non-hydrogen) atoms. The molecule has 1 aliphatic rings. The Morgan fingerprint density at radius 2 is 1.87 bits per heavy atom. The first kappa shape index (κ1) is 16.0. The van der Waals surface area contributed by atoms with Gasteiger partial charge in [0.2, 0.25) is 0 Å². The van der Waals surface area contributed by atoms with Crippen LogP contribution >= 0.6 is 15.9 Å². The van der Waals surface area contributed by atoms with Gasteiger partial charge >= 0.3 is 0 Å². The number of aromatic nitrogens is 1. The smallest absolute Gasteiger partial charge is 0.255 e. The van der Waals surface area contributed by atoms with Crippen LogP contribution in [0.15, 0.2) is 47.1 Å². The van der Waals surface area contributed by atoms with Gasteiger partial charge in [-0.2, -0.15) is 0 Å². The molecule has 120 valence electrons. The normalized spacial score (nSPS) is 15.2. The number of hydrogen-bond acceptors (Lipinski definition) is 3. The summed E-state index contributed by atoms with van der Waals surface area (Å²) in [6, 6.07) is 11.7. The van der Waals surface area contributed by atoms with Crippen LogP contribution in [-0.2, 0) is 0 Å². The highest BCUT2D eigenvalue weighted by atomic mass is 79.9. The zero-order valence-electron chi connectivity index (χ0n) is 12.9. The second-order valence-electron chi connectivity index (χ2n) is 5.81. The molecule has 1 amide bonds. The highest BCUT2D eigenvalue weighted by Gasteiger charge is 2.19. The van der Waals surface area contributed by atoms with Gasteiger partial charge in [0.05, 0.1) is 11.3 Å². The van der Waals surface area contributed by atoms with Gasteiger partial charge in [0.1, 0.15) is 5.82 Å². The molecule has 1 saturated carbocycles. The third-order valence-electron chi connectivity index (χ3n) is 4.12. The summed E-state index contributed by atoms with van der Waals surface area (Å²) in [6.07, 6.45) is 7.49. The minimum Gasteiger partial charge on any atom is -0.349 e. The van der Waals surface area contributed by atoms with Crippen LogP contribution < -0.4 is 10.6 Å². The van der Waals surface area contributed by atoms with Crippen molar-refractivity contribution in [2.45, 2.75) is 38.1 Å². The number of halogens is 1. The Morgan fingerprint density at radius 3 is 2.65 bits per heavy atom. The van der Waals surface area contributed by atoms with Crippen molar-refractivity contribution in [3.8, 4) is 0 Å². The van der Waals surface area contributed by atoms with Gasteiger partial charge in [-0.15, -0.1) is 0 Å². The quantitative estimate of drug-likeness (QED) is 0.819. The molecule has 1 aromatic heterocycles. The Hall–Kier alpha value is -1.88. The predicted molar refractivity (Wildman–Crippen MR) is 96.0 cm³/mol. The number of hydrogen-bond donors (Lipinski definition) is 2. The zero-order chi connectivity index (χ0) is 16.1. The van der Waals surface area contributed by atoms with Crippen molar-refractivity contribution in [2.75, 3.05) is 5.32 Å². The lowest BCUT2D eigenvalue weighted by atomic mass is 9.95. The van der Waals surface area contributed by atoms with E-state index in [2.05, 4.69) is 31.5 Å². The van der Waals surface area contributed by atoms with Crippen molar-refractivity contribution in [3.63, 3.8) is 0 Å². The molecule has 1 heterocycles. The van der Waals surface area contributed by atoms with E-state index in [1.165, 1.54) is 19.3 Å². The standard InChI is InChI=1S/C18H20BrN3O/c19-15-10-4-5-11-16(15)22-17-14(9-6-12-20-17)18(23)21-13-7-2-1-3-8-13/h4-6,9-13H,1-3,7-8H2,(H,20,22)(H,21,23). The van der Waals surface area contributed by atoms with E-state index in [1.54, 1.807) is 12.3 Å². The number of nitrogens with one attached hydrogen (secondary N) is 2. The Bertz CT molecular complexity index is 683. The summed E-state index contributed by atoms with van der Waals surface area (Å²) in [5.41, 5.74) is 1.46. The van der Waals surface area contributed by atoms with Crippen LogP contribution in [-0.4, -0.2) is 16.9 Å². The first-order chi connectivity index (χ1) is 11.2. The van der Waals surface area contributed by atoms with E-state index >= 15 is 0 Å². The molecule has 0 radical (unpaired) electrons. The number of benzene rings is 1. The Kier molecular flexibility index (Phi) is 5.28. The van der Waals surface area contributed by atoms with Crippen molar-refractivity contribution in [3.05, 3.63) is 52.6 Å². The Morgan fingerprint density at radius 1 is 1.09 bits per heavy atom. The van der Waals surface area contributed by atoms with E-state index in [1.807, 2.05) is 30.3 Å². The topological polar surface area (TPSA) is 54.0 Å². The molecule has 2 N–H and O–H groups in total. The van der Waals surface area contributed by atoms with Crippen LogP contribution in [0.1, 0.15) is 42.5 Å². The van der Waals surface area contributed by atoms with Gasteiger partial charge in [0.25, 0.3) is 5.91 Å². The van der Waals surface area contributed by atoms with Crippen LogP contribution in [0.2, 0.25) is 0 Å². The van der Waals surface area contributed by atoms with E-state index in [0.29, 0.717) is 11.4 Å². The van der Waals surface area contributed by atoms with Gasteiger partial charge in [0.15, 0.2) is 0 Å². The fourth-order valence-electron chi connectivity index (χ4n) is 2.89. The monoisotopic (exact) mass is 373 g/mol. The summed E-state index contributed by atoms with van der Waals surface area (Å²) < 4.78 is 0.935. The summed E-state index contributed by atoms with van der Waals surface area (Å²) in [6.45, 7) is 0. The predicted octanol–water partition coefficient (Wildman–Crippen LogP) is 4.65. The molecule has 3 rings (SSSR count). The summed E-state index contributed by atoms with van der Waals surface area (Å²) in [5, 5.41) is 6.39. The third kappa shape index (κ3) is 4.10. The zero-order valence-corrected chi connectivity index (χ0v) is 14.5.